The summed E-state index contributed by atoms with van der Waals surface area (Å²) in [5, 5.41) is 13.1. The van der Waals surface area contributed by atoms with Crippen LogP contribution >= 0.6 is 7.60 Å². The molecule has 0 amide bonds. The molecule has 0 spiro atoms. The van der Waals surface area contributed by atoms with Gasteiger partial charge in [0.1, 0.15) is 12.1 Å². The molecule has 1 aromatic carbocycles. The number of hydrogen-bond acceptors (Lipinski definition) is 4. The van der Waals surface area contributed by atoms with Crippen LogP contribution in [-0.4, -0.2) is 21.7 Å². The predicted octanol–water partition coefficient (Wildman–Crippen LogP) is -1.31. The Hall–Kier alpha value is -1.33. The summed E-state index contributed by atoms with van der Waals surface area (Å²) in [5.41, 5.74) is 0.448. The van der Waals surface area contributed by atoms with E-state index in [-0.39, 0.29) is 18.5 Å². The minimum absolute atomic E-state index is 0.163. The smallest absolute Gasteiger partial charge is 0.208 e. The number of nitrogens with zero attached hydrogens (tertiary/aromatic N) is 2. The van der Waals surface area contributed by atoms with Gasteiger partial charge >= 0.3 is 0 Å². The number of benzene rings is 1. The molecular weight excluding hydrogens is 243 g/mol. The lowest BCUT2D eigenvalue weighted by Gasteiger charge is -2.15. The van der Waals surface area contributed by atoms with Crippen LogP contribution in [0.25, 0.3) is 10.9 Å². The van der Waals surface area contributed by atoms with Crippen LogP contribution in [0.5, 0.6) is 0 Å². The Balaban J connectivity index is 2.74. The molecule has 2 rings (SSSR count). The molecule has 17 heavy (non-hydrogen) atoms. The topological polar surface area (TPSA) is 97.4 Å². The maximum absolute atomic E-state index is 11.3. The third-order valence-electron chi connectivity index (χ3n) is 2.32. The highest BCUT2D eigenvalue weighted by molar-refractivity contribution is 7.59. The molecule has 2 N–H and O–H groups in total. The van der Waals surface area contributed by atoms with Crippen LogP contribution in [0.4, 0.5) is 0 Å². The minimum atomic E-state index is -4.61. The summed E-state index contributed by atoms with van der Waals surface area (Å²) in [4.78, 5) is 20.5. The zero-order valence-electron chi connectivity index (χ0n) is 8.85. The van der Waals surface area contributed by atoms with Gasteiger partial charge in [-0.3, -0.25) is 0 Å². The Morgan fingerprint density at radius 1 is 1.41 bits per heavy atom. The van der Waals surface area contributed by atoms with Crippen molar-refractivity contribution in [3.63, 3.8) is 0 Å². The highest BCUT2D eigenvalue weighted by Gasteiger charge is 2.18. The maximum Gasteiger partial charge on any atom is 0.208 e. The second-order valence-electron chi connectivity index (χ2n) is 3.54. The molecule has 1 atom stereocenters. The van der Waals surface area contributed by atoms with E-state index < -0.39 is 7.60 Å². The van der Waals surface area contributed by atoms with Crippen LogP contribution in [0.15, 0.2) is 30.5 Å². The molecule has 0 saturated heterocycles. The summed E-state index contributed by atoms with van der Waals surface area (Å²) in [6.45, 7) is 0.00185. The molecule has 1 heterocycles. The van der Waals surface area contributed by atoms with Crippen molar-refractivity contribution in [2.24, 2.45) is 0 Å². The van der Waals surface area contributed by atoms with E-state index in [0.717, 1.165) is 0 Å². The summed E-state index contributed by atoms with van der Waals surface area (Å²) in [6, 6.07) is 6.60. The number of aromatic nitrogens is 2. The monoisotopic (exact) mass is 254 g/mol. The van der Waals surface area contributed by atoms with Crippen molar-refractivity contribution in [3.8, 4) is 0 Å². The Labute approximate surface area is 97.3 Å². The van der Waals surface area contributed by atoms with Crippen molar-refractivity contribution in [1.82, 2.24) is 5.10 Å². The lowest BCUT2D eigenvalue weighted by atomic mass is 10.2. The minimum Gasteiger partial charge on any atom is -0.775 e. The fraction of sp³-hybridized carbons (Fsp3) is 0.200. The number of hydrogen-bond donors (Lipinski definition) is 2. The van der Waals surface area contributed by atoms with E-state index in [1.54, 1.807) is 24.3 Å². The van der Waals surface area contributed by atoms with Gasteiger partial charge in [-0.05, 0) is 6.07 Å². The van der Waals surface area contributed by atoms with Crippen LogP contribution in [0, 0.1) is 0 Å². The molecule has 90 valence electrons. The Bertz CT molecular complexity index is 596. The normalized spacial score (nSPS) is 14.8. The largest absolute Gasteiger partial charge is 0.775 e. The molecule has 0 saturated carbocycles. The Morgan fingerprint density at radius 2 is 2.12 bits per heavy atom. The first-order valence-electron chi connectivity index (χ1n) is 4.97. The van der Waals surface area contributed by atoms with Gasteiger partial charge in [0.2, 0.25) is 6.20 Å². The van der Waals surface area contributed by atoms with Gasteiger partial charge in [0, 0.05) is 10.5 Å². The summed E-state index contributed by atoms with van der Waals surface area (Å²) in [6.07, 6.45) is 1.21. The van der Waals surface area contributed by atoms with E-state index in [1.807, 2.05) is 0 Å². The van der Waals surface area contributed by atoms with Crippen molar-refractivity contribution in [2.75, 3.05) is 6.61 Å². The first-order valence-corrected chi connectivity index (χ1v) is 6.55. The molecule has 0 radical (unpaired) electrons. The fourth-order valence-corrected chi connectivity index (χ4v) is 2.37. The van der Waals surface area contributed by atoms with Gasteiger partial charge in [0.15, 0.2) is 14.1 Å². The van der Waals surface area contributed by atoms with Gasteiger partial charge in [-0.15, -0.1) is 0 Å². The molecule has 0 bridgehead atoms. The molecule has 6 nitrogen and oxygen atoms in total. The highest BCUT2D eigenvalue weighted by Crippen LogP contribution is 2.30. The number of aliphatic hydroxyl groups is 1. The van der Waals surface area contributed by atoms with Crippen LogP contribution in [-0.2, 0) is 11.1 Å². The van der Waals surface area contributed by atoms with Crippen molar-refractivity contribution in [1.29, 1.82) is 0 Å². The van der Waals surface area contributed by atoms with Crippen LogP contribution in [0.1, 0.15) is 0 Å². The third-order valence-corrected chi connectivity index (χ3v) is 3.29. The fourth-order valence-electron chi connectivity index (χ4n) is 1.60. The quantitative estimate of drug-likeness (QED) is 0.523. The maximum atomic E-state index is 11.3. The van der Waals surface area contributed by atoms with E-state index in [1.165, 1.54) is 10.9 Å². The average Bonchev–Trinajstić information content (AvgIpc) is 2.27. The SMILES string of the molecule is O=P([O-])(O)c1c[n+](CCO)nc2ccccc12. The number of rotatable bonds is 3. The molecule has 1 unspecified atom stereocenters. The van der Waals surface area contributed by atoms with E-state index in [2.05, 4.69) is 5.10 Å². The van der Waals surface area contributed by atoms with Gasteiger partial charge in [-0.25, -0.2) is 0 Å². The number of aliphatic hydroxyl groups excluding tert-OH is 1. The molecule has 1 aromatic heterocycles. The zero-order chi connectivity index (χ0) is 12.5. The second kappa shape index (κ2) is 4.50. The first kappa shape index (κ1) is 12.1. The highest BCUT2D eigenvalue weighted by atomic mass is 31.2. The van der Waals surface area contributed by atoms with E-state index >= 15 is 0 Å². The molecule has 2 aromatic rings. The summed E-state index contributed by atoms with van der Waals surface area (Å²) >= 11 is 0. The number of fused-ring (bicyclic) bond motifs is 1. The van der Waals surface area contributed by atoms with Gasteiger partial charge in [0.05, 0.1) is 5.30 Å². The Kier molecular flexibility index (Phi) is 3.22. The molecule has 0 aliphatic rings. The van der Waals surface area contributed by atoms with E-state index in [4.69, 9.17) is 5.11 Å². The van der Waals surface area contributed by atoms with Gasteiger partial charge in [-0.2, -0.15) is 0 Å². The average molecular weight is 254 g/mol. The van der Waals surface area contributed by atoms with Crippen molar-refractivity contribution in [2.45, 2.75) is 6.54 Å². The zero-order valence-corrected chi connectivity index (χ0v) is 9.75. The first-order chi connectivity index (χ1) is 8.02. The van der Waals surface area contributed by atoms with E-state index in [0.29, 0.717) is 10.9 Å². The molecule has 0 aliphatic carbocycles. The Morgan fingerprint density at radius 3 is 2.76 bits per heavy atom. The second-order valence-corrected chi connectivity index (χ2v) is 5.06. The molecule has 0 aliphatic heterocycles. The predicted molar refractivity (Wildman–Crippen MR) is 58.5 cm³/mol. The summed E-state index contributed by atoms with van der Waals surface area (Å²) < 4.78 is 12.6. The van der Waals surface area contributed by atoms with Crippen molar-refractivity contribution in [3.05, 3.63) is 30.5 Å². The van der Waals surface area contributed by atoms with E-state index in [9.17, 15) is 14.4 Å². The summed E-state index contributed by atoms with van der Waals surface area (Å²) in [7, 11) is -4.61. The van der Waals surface area contributed by atoms with Crippen LogP contribution in [0.2, 0.25) is 0 Å². The van der Waals surface area contributed by atoms with Crippen molar-refractivity contribution >= 4 is 23.8 Å². The van der Waals surface area contributed by atoms with Gasteiger partial charge in [0.25, 0.3) is 0 Å². The standard InChI is InChI=1S/C10H11N2O4P/c13-6-5-12-7-10(17(14,15)16)8-3-1-2-4-9(8)11-12/h1-4,7,13H,5-6H2,(H-,14,15,16). The van der Waals surface area contributed by atoms with Crippen LogP contribution in [0.3, 0.4) is 0 Å². The molecule has 0 fully saturated rings. The van der Waals surface area contributed by atoms with Gasteiger partial charge < -0.3 is 19.5 Å². The third kappa shape index (κ3) is 2.50. The molecular formula is C10H11N2O4P. The summed E-state index contributed by atoms with van der Waals surface area (Å²) in [5.74, 6) is 0. The molecule has 7 heteroatoms. The van der Waals surface area contributed by atoms with Crippen molar-refractivity contribution < 1.29 is 24.1 Å². The van der Waals surface area contributed by atoms with Gasteiger partial charge in [-0.1, -0.05) is 22.9 Å². The lowest BCUT2D eigenvalue weighted by Crippen LogP contribution is -2.43. The van der Waals surface area contributed by atoms with Crippen LogP contribution < -0.4 is 14.9 Å². The lowest BCUT2D eigenvalue weighted by molar-refractivity contribution is -0.751.